The summed E-state index contributed by atoms with van der Waals surface area (Å²) in [7, 11) is 1.92. The molecule has 1 atom stereocenters. The summed E-state index contributed by atoms with van der Waals surface area (Å²) in [4.78, 5) is 13.6. The molecule has 3 heteroatoms. The lowest BCUT2D eigenvalue weighted by Crippen LogP contribution is -2.40. The van der Waals surface area contributed by atoms with Gasteiger partial charge in [0.15, 0.2) is 0 Å². The highest BCUT2D eigenvalue weighted by Crippen LogP contribution is 2.21. The molecule has 0 aliphatic heterocycles. The minimum atomic E-state index is -0.164. The topological polar surface area (TPSA) is 20.3 Å². The molecule has 82 valence electrons. The zero-order valence-corrected chi connectivity index (χ0v) is 10.1. The lowest BCUT2D eigenvalue weighted by atomic mass is 10.1. The molecule has 1 saturated carbocycles. The quantitative estimate of drug-likeness (QED) is 0.554. The van der Waals surface area contributed by atoms with E-state index in [4.69, 9.17) is 0 Å². The number of hydrogen-bond acceptors (Lipinski definition) is 2. The van der Waals surface area contributed by atoms with Crippen LogP contribution in [0, 0.1) is 0 Å². The van der Waals surface area contributed by atoms with Gasteiger partial charge in [-0.25, -0.2) is 0 Å². The second-order valence-electron chi connectivity index (χ2n) is 4.27. The van der Waals surface area contributed by atoms with Gasteiger partial charge in [0.1, 0.15) is 0 Å². The van der Waals surface area contributed by atoms with Crippen LogP contribution >= 0.6 is 12.6 Å². The van der Waals surface area contributed by atoms with Gasteiger partial charge in [-0.1, -0.05) is 25.7 Å². The van der Waals surface area contributed by atoms with E-state index in [1.165, 1.54) is 38.5 Å². The van der Waals surface area contributed by atoms with Gasteiger partial charge in [-0.2, -0.15) is 12.6 Å². The molecule has 1 aliphatic carbocycles. The minimum Gasteiger partial charge on any atom is -0.342 e. The summed E-state index contributed by atoms with van der Waals surface area (Å²) >= 11 is 4.19. The minimum absolute atomic E-state index is 0.164. The molecule has 1 unspecified atom stereocenters. The van der Waals surface area contributed by atoms with Crippen LogP contribution in [0.25, 0.3) is 0 Å². The Morgan fingerprint density at radius 2 is 1.79 bits per heavy atom. The molecule has 14 heavy (non-hydrogen) atoms. The van der Waals surface area contributed by atoms with Crippen LogP contribution in [0.15, 0.2) is 0 Å². The maximum Gasteiger partial charge on any atom is 0.235 e. The van der Waals surface area contributed by atoms with Crippen molar-refractivity contribution < 1.29 is 4.79 Å². The number of rotatable bonds is 2. The molecule has 0 aromatic heterocycles. The average molecular weight is 215 g/mol. The van der Waals surface area contributed by atoms with Crippen molar-refractivity contribution in [2.24, 2.45) is 0 Å². The average Bonchev–Trinajstić information content (AvgIpc) is 2.43. The van der Waals surface area contributed by atoms with E-state index in [2.05, 4.69) is 12.6 Å². The van der Waals surface area contributed by atoms with Gasteiger partial charge in [0.05, 0.1) is 5.25 Å². The van der Waals surface area contributed by atoms with Gasteiger partial charge >= 0.3 is 0 Å². The fourth-order valence-electron chi connectivity index (χ4n) is 2.12. The highest BCUT2D eigenvalue weighted by Gasteiger charge is 2.22. The second-order valence-corrected chi connectivity index (χ2v) is 5.05. The van der Waals surface area contributed by atoms with E-state index in [1.807, 2.05) is 18.9 Å². The number of carbonyl (C=O) groups is 1. The summed E-state index contributed by atoms with van der Waals surface area (Å²) in [5.41, 5.74) is 0. The van der Waals surface area contributed by atoms with Gasteiger partial charge in [-0.15, -0.1) is 0 Å². The van der Waals surface area contributed by atoms with Gasteiger partial charge in [-0.3, -0.25) is 4.79 Å². The first kappa shape index (κ1) is 11.9. The van der Waals surface area contributed by atoms with E-state index >= 15 is 0 Å². The monoisotopic (exact) mass is 215 g/mol. The molecule has 0 radical (unpaired) electrons. The van der Waals surface area contributed by atoms with E-state index in [9.17, 15) is 4.79 Å². The van der Waals surface area contributed by atoms with Gasteiger partial charge in [-0.05, 0) is 19.8 Å². The summed E-state index contributed by atoms with van der Waals surface area (Å²) < 4.78 is 0. The third-order valence-electron chi connectivity index (χ3n) is 3.08. The highest BCUT2D eigenvalue weighted by atomic mass is 32.1. The van der Waals surface area contributed by atoms with E-state index in [0.29, 0.717) is 6.04 Å². The van der Waals surface area contributed by atoms with Crippen LogP contribution in [0.5, 0.6) is 0 Å². The first-order chi connectivity index (χ1) is 6.63. The molecule has 0 bridgehead atoms. The molecule has 0 N–H and O–H groups in total. The Balaban J connectivity index is 2.49. The Morgan fingerprint density at radius 1 is 1.29 bits per heavy atom. The van der Waals surface area contributed by atoms with E-state index < -0.39 is 0 Å². The molecule has 1 aliphatic rings. The Kier molecular flexibility index (Phi) is 4.79. The molecule has 1 amide bonds. The number of amides is 1. The molecule has 0 spiro atoms. The molecule has 0 aromatic carbocycles. The van der Waals surface area contributed by atoms with Gasteiger partial charge in [0, 0.05) is 13.1 Å². The lowest BCUT2D eigenvalue weighted by Gasteiger charge is -2.28. The van der Waals surface area contributed by atoms with Crippen LogP contribution < -0.4 is 0 Å². The fourth-order valence-corrected chi connectivity index (χ4v) is 2.30. The van der Waals surface area contributed by atoms with Crippen LogP contribution in [0.1, 0.15) is 45.4 Å². The first-order valence-electron chi connectivity index (χ1n) is 5.57. The normalized spacial score (nSPS) is 21.4. The smallest absolute Gasteiger partial charge is 0.235 e. The molecular formula is C11H21NOS. The number of thiol groups is 1. The second kappa shape index (κ2) is 5.64. The van der Waals surface area contributed by atoms with Crippen molar-refractivity contribution in [3.05, 3.63) is 0 Å². The Labute approximate surface area is 92.5 Å². The predicted molar refractivity (Wildman–Crippen MR) is 62.7 cm³/mol. The third kappa shape index (κ3) is 3.19. The van der Waals surface area contributed by atoms with Crippen molar-refractivity contribution in [2.75, 3.05) is 7.05 Å². The number of carbonyl (C=O) groups excluding carboxylic acids is 1. The summed E-state index contributed by atoms with van der Waals surface area (Å²) in [6, 6.07) is 0.458. The Hall–Kier alpha value is -0.180. The van der Waals surface area contributed by atoms with Crippen molar-refractivity contribution >= 4 is 18.5 Å². The fraction of sp³-hybridized carbons (Fsp3) is 0.909. The SMILES string of the molecule is CC(S)C(=O)N(C)C1CCCCCC1. The number of nitrogens with zero attached hydrogens (tertiary/aromatic N) is 1. The summed E-state index contributed by atoms with van der Waals surface area (Å²) in [5, 5.41) is -0.164. The van der Waals surface area contributed by atoms with Crippen LogP contribution in [0.3, 0.4) is 0 Å². The largest absolute Gasteiger partial charge is 0.342 e. The Morgan fingerprint density at radius 3 is 2.21 bits per heavy atom. The maximum absolute atomic E-state index is 11.7. The van der Waals surface area contributed by atoms with Crippen LogP contribution in [0.2, 0.25) is 0 Å². The molecule has 1 fully saturated rings. The molecule has 0 saturated heterocycles. The maximum atomic E-state index is 11.7. The van der Waals surface area contributed by atoms with Crippen molar-refractivity contribution in [1.82, 2.24) is 4.90 Å². The van der Waals surface area contributed by atoms with E-state index in [1.54, 1.807) is 0 Å². The predicted octanol–water partition coefficient (Wildman–Crippen LogP) is 2.49. The zero-order valence-electron chi connectivity index (χ0n) is 9.20. The van der Waals surface area contributed by atoms with Gasteiger partial charge in [0.25, 0.3) is 0 Å². The van der Waals surface area contributed by atoms with Crippen molar-refractivity contribution in [3.63, 3.8) is 0 Å². The van der Waals surface area contributed by atoms with Crippen LogP contribution in [-0.4, -0.2) is 29.1 Å². The zero-order chi connectivity index (χ0) is 10.6. The van der Waals surface area contributed by atoms with Crippen molar-refractivity contribution in [2.45, 2.75) is 56.7 Å². The first-order valence-corrected chi connectivity index (χ1v) is 6.09. The van der Waals surface area contributed by atoms with Crippen LogP contribution in [-0.2, 0) is 4.79 Å². The molecule has 0 heterocycles. The van der Waals surface area contributed by atoms with Crippen molar-refractivity contribution in [1.29, 1.82) is 0 Å². The lowest BCUT2D eigenvalue weighted by molar-refractivity contribution is -0.131. The summed E-state index contributed by atoms with van der Waals surface area (Å²) in [6.45, 7) is 1.85. The Bertz CT molecular complexity index is 186. The molecule has 1 rings (SSSR count). The van der Waals surface area contributed by atoms with E-state index in [0.717, 1.165) is 0 Å². The van der Waals surface area contributed by atoms with E-state index in [-0.39, 0.29) is 11.2 Å². The summed E-state index contributed by atoms with van der Waals surface area (Å²) in [5.74, 6) is 0.167. The van der Waals surface area contributed by atoms with Gasteiger partial charge < -0.3 is 4.90 Å². The molecular weight excluding hydrogens is 194 g/mol. The van der Waals surface area contributed by atoms with Gasteiger partial charge in [0.2, 0.25) is 5.91 Å². The number of hydrogen-bond donors (Lipinski definition) is 1. The van der Waals surface area contributed by atoms with Crippen molar-refractivity contribution in [3.8, 4) is 0 Å². The highest BCUT2D eigenvalue weighted by molar-refractivity contribution is 7.81. The molecule has 0 aromatic rings. The molecule has 2 nitrogen and oxygen atoms in total. The standard InChI is InChI=1S/C11H21NOS/c1-9(14)11(13)12(2)10-7-5-3-4-6-8-10/h9-10,14H,3-8H2,1-2H3. The van der Waals surface area contributed by atoms with Crippen LogP contribution in [0.4, 0.5) is 0 Å². The summed E-state index contributed by atoms with van der Waals surface area (Å²) in [6.07, 6.45) is 7.53. The third-order valence-corrected chi connectivity index (χ3v) is 3.30.